The number of carbonyl (C=O) groups is 1. The SMILES string of the molecule is Cc1n[nH]c(C)c1-c1ccccc1C(=O)N1CCC2(CC1)Oc1ccccc1-c1c2cnn1C.[HH]. The number of nitrogens with one attached hydrogen (secondary N) is 1. The zero-order valence-electron chi connectivity index (χ0n) is 19.6. The number of hydrogen-bond acceptors (Lipinski definition) is 4. The molecule has 1 saturated heterocycles. The van der Waals surface area contributed by atoms with Gasteiger partial charge in [0.2, 0.25) is 0 Å². The minimum absolute atomic E-state index is 0. The van der Waals surface area contributed by atoms with E-state index in [4.69, 9.17) is 4.74 Å². The van der Waals surface area contributed by atoms with Gasteiger partial charge in [-0.05, 0) is 37.6 Å². The summed E-state index contributed by atoms with van der Waals surface area (Å²) in [7, 11) is 1.98. The first-order valence-electron chi connectivity index (χ1n) is 11.7. The first kappa shape index (κ1) is 20.7. The van der Waals surface area contributed by atoms with Crippen molar-refractivity contribution in [2.75, 3.05) is 13.1 Å². The normalized spacial score (nSPS) is 16.1. The lowest BCUT2D eigenvalue weighted by Crippen LogP contribution is -2.49. The Kier molecular flexibility index (Phi) is 4.62. The van der Waals surface area contributed by atoms with Gasteiger partial charge in [0.1, 0.15) is 11.4 Å². The first-order valence-corrected chi connectivity index (χ1v) is 11.7. The molecule has 2 aliphatic heterocycles. The number of fused-ring (bicyclic) bond motifs is 4. The molecule has 34 heavy (non-hydrogen) atoms. The molecule has 4 heterocycles. The molecule has 1 amide bonds. The van der Waals surface area contributed by atoms with Crippen LogP contribution >= 0.6 is 0 Å². The molecule has 0 aliphatic carbocycles. The van der Waals surface area contributed by atoms with Gasteiger partial charge in [0.15, 0.2) is 0 Å². The number of aromatic amines is 1. The maximum absolute atomic E-state index is 13.7. The van der Waals surface area contributed by atoms with E-state index in [1.165, 1.54) is 0 Å². The Morgan fingerprint density at radius 2 is 1.76 bits per heavy atom. The Bertz CT molecular complexity index is 1400. The largest absolute Gasteiger partial charge is 0.482 e. The molecule has 7 nitrogen and oxygen atoms in total. The number of aromatic nitrogens is 4. The molecule has 2 aromatic heterocycles. The summed E-state index contributed by atoms with van der Waals surface area (Å²) >= 11 is 0. The number of likely N-dealkylation sites (tertiary alicyclic amines) is 1. The number of nitrogens with zero attached hydrogens (tertiary/aromatic N) is 4. The van der Waals surface area contributed by atoms with E-state index in [-0.39, 0.29) is 7.33 Å². The molecule has 1 fully saturated rings. The second-order valence-electron chi connectivity index (χ2n) is 9.27. The van der Waals surface area contributed by atoms with Gasteiger partial charge in [-0.2, -0.15) is 10.2 Å². The zero-order chi connectivity index (χ0) is 23.4. The van der Waals surface area contributed by atoms with Crippen LogP contribution in [0.5, 0.6) is 5.75 Å². The van der Waals surface area contributed by atoms with Crippen molar-refractivity contribution < 1.29 is 11.0 Å². The van der Waals surface area contributed by atoms with E-state index in [9.17, 15) is 4.79 Å². The van der Waals surface area contributed by atoms with Gasteiger partial charge in [0, 0.05) is 62.4 Å². The number of para-hydroxylation sites is 1. The van der Waals surface area contributed by atoms with Crippen LogP contribution in [0.3, 0.4) is 0 Å². The monoisotopic (exact) mass is 455 g/mol. The number of hydrogen-bond donors (Lipinski definition) is 1. The fraction of sp³-hybridized carbons (Fsp3) is 0.296. The van der Waals surface area contributed by atoms with Gasteiger partial charge in [0.25, 0.3) is 5.91 Å². The smallest absolute Gasteiger partial charge is 0.254 e. The highest BCUT2D eigenvalue weighted by molar-refractivity contribution is 6.01. The summed E-state index contributed by atoms with van der Waals surface area (Å²) in [4.78, 5) is 15.6. The van der Waals surface area contributed by atoms with Gasteiger partial charge in [-0.1, -0.05) is 30.3 Å². The van der Waals surface area contributed by atoms with Crippen molar-refractivity contribution in [2.24, 2.45) is 7.05 Å². The number of piperidine rings is 1. The van der Waals surface area contributed by atoms with Crippen molar-refractivity contribution in [2.45, 2.75) is 32.3 Å². The number of rotatable bonds is 2. The van der Waals surface area contributed by atoms with Crippen LogP contribution < -0.4 is 4.74 Å². The summed E-state index contributed by atoms with van der Waals surface area (Å²) in [5.41, 5.74) is 7.33. The average Bonchev–Trinajstić information content (AvgIpc) is 3.41. The molecule has 0 saturated carbocycles. The van der Waals surface area contributed by atoms with Crippen molar-refractivity contribution in [3.05, 3.63) is 77.2 Å². The summed E-state index contributed by atoms with van der Waals surface area (Å²) < 4.78 is 8.58. The van der Waals surface area contributed by atoms with E-state index >= 15 is 0 Å². The molecule has 0 bridgehead atoms. The highest BCUT2D eigenvalue weighted by Crippen LogP contribution is 2.49. The van der Waals surface area contributed by atoms with Crippen LogP contribution in [0.25, 0.3) is 22.4 Å². The number of aryl methyl sites for hydroxylation is 3. The lowest BCUT2D eigenvalue weighted by molar-refractivity contribution is -0.00169. The van der Waals surface area contributed by atoms with Crippen molar-refractivity contribution in [1.82, 2.24) is 24.9 Å². The Hall–Kier alpha value is -3.87. The number of ether oxygens (including phenoxy) is 1. The van der Waals surface area contributed by atoms with Crippen molar-refractivity contribution in [3.8, 4) is 28.1 Å². The maximum atomic E-state index is 13.7. The lowest BCUT2D eigenvalue weighted by Gasteiger charge is -2.44. The topological polar surface area (TPSA) is 76.0 Å². The molecule has 7 heteroatoms. The zero-order valence-corrected chi connectivity index (χ0v) is 19.6. The van der Waals surface area contributed by atoms with E-state index in [0.29, 0.717) is 18.7 Å². The average molecular weight is 456 g/mol. The number of benzene rings is 2. The van der Waals surface area contributed by atoms with Gasteiger partial charge in [-0.15, -0.1) is 0 Å². The van der Waals surface area contributed by atoms with E-state index in [1.54, 1.807) is 0 Å². The highest BCUT2D eigenvalue weighted by Gasteiger charge is 2.46. The van der Waals surface area contributed by atoms with Crippen LogP contribution in [0.2, 0.25) is 0 Å². The molecule has 1 spiro atoms. The third kappa shape index (κ3) is 3.00. The van der Waals surface area contributed by atoms with Crippen LogP contribution in [0.15, 0.2) is 54.7 Å². The lowest BCUT2D eigenvalue weighted by atomic mass is 9.80. The molecular formula is C27H29N5O2. The molecule has 1 N–H and O–H groups in total. The second-order valence-corrected chi connectivity index (χ2v) is 9.27. The van der Waals surface area contributed by atoms with Gasteiger partial charge >= 0.3 is 0 Å². The third-order valence-corrected chi connectivity index (χ3v) is 7.29. The molecule has 2 aliphatic rings. The van der Waals surface area contributed by atoms with Crippen molar-refractivity contribution in [3.63, 3.8) is 0 Å². The van der Waals surface area contributed by atoms with Crippen molar-refractivity contribution >= 4 is 5.91 Å². The summed E-state index contributed by atoms with van der Waals surface area (Å²) in [6.07, 6.45) is 3.37. The molecule has 0 unspecified atom stereocenters. The van der Waals surface area contributed by atoms with Gasteiger partial charge in [-0.25, -0.2) is 0 Å². The third-order valence-electron chi connectivity index (χ3n) is 7.29. The fourth-order valence-electron chi connectivity index (χ4n) is 5.56. The maximum Gasteiger partial charge on any atom is 0.254 e. The van der Waals surface area contributed by atoms with E-state index in [0.717, 1.165) is 57.9 Å². The molecule has 2 aromatic carbocycles. The summed E-state index contributed by atoms with van der Waals surface area (Å²) in [6, 6.07) is 16.0. The molecule has 4 aromatic rings. The Labute approximate surface area is 199 Å². The van der Waals surface area contributed by atoms with E-state index < -0.39 is 5.60 Å². The standard InChI is InChI=1S/C27H27N5O2.H2/c1-17-24(18(2)30-29-17)19-8-4-5-9-20(19)26(33)32-14-12-27(13-15-32)22-16-28-31(3)25(22)21-10-6-7-11-23(21)34-27;/h4-11,16H,12-15H2,1-3H3,(H,29,30);1H. The van der Waals surface area contributed by atoms with Crippen LogP contribution in [-0.4, -0.2) is 43.9 Å². The number of H-pyrrole nitrogens is 1. The quantitative estimate of drug-likeness (QED) is 0.468. The second kappa shape index (κ2) is 7.58. The van der Waals surface area contributed by atoms with E-state index in [2.05, 4.69) is 21.4 Å². The van der Waals surface area contributed by atoms with Crippen LogP contribution in [0.1, 0.15) is 41.6 Å². The number of amides is 1. The fourth-order valence-corrected chi connectivity index (χ4v) is 5.56. The van der Waals surface area contributed by atoms with Gasteiger partial charge < -0.3 is 9.64 Å². The van der Waals surface area contributed by atoms with Crippen LogP contribution in [0.4, 0.5) is 0 Å². The molecule has 0 radical (unpaired) electrons. The molecule has 0 atom stereocenters. The van der Waals surface area contributed by atoms with Gasteiger partial charge in [0.05, 0.1) is 17.6 Å². The summed E-state index contributed by atoms with van der Waals surface area (Å²) in [5.74, 6) is 0.933. The van der Waals surface area contributed by atoms with Crippen LogP contribution in [-0.2, 0) is 12.6 Å². The highest BCUT2D eigenvalue weighted by atomic mass is 16.5. The Balaban J connectivity index is 0.00000253. The molecule has 174 valence electrons. The first-order chi connectivity index (χ1) is 16.5. The Morgan fingerprint density at radius 3 is 2.50 bits per heavy atom. The summed E-state index contributed by atoms with van der Waals surface area (Å²) in [6.45, 7) is 5.19. The molecule has 6 rings (SSSR count). The Morgan fingerprint density at radius 1 is 1.06 bits per heavy atom. The van der Waals surface area contributed by atoms with Crippen molar-refractivity contribution in [1.29, 1.82) is 0 Å². The predicted octanol–water partition coefficient (Wildman–Crippen LogP) is 4.86. The van der Waals surface area contributed by atoms with E-state index in [1.807, 2.05) is 79.1 Å². The minimum atomic E-state index is -0.466. The molecular weight excluding hydrogens is 426 g/mol. The minimum Gasteiger partial charge on any atom is -0.482 e. The van der Waals surface area contributed by atoms with Crippen LogP contribution in [0, 0.1) is 13.8 Å². The van der Waals surface area contributed by atoms with Gasteiger partial charge in [-0.3, -0.25) is 14.6 Å². The summed E-state index contributed by atoms with van der Waals surface area (Å²) in [5, 5.41) is 11.9. The predicted molar refractivity (Wildman–Crippen MR) is 132 cm³/mol. The number of carbonyl (C=O) groups excluding carboxylic acids is 1.